The first-order valence-electron chi connectivity index (χ1n) is 7.17. The van der Waals surface area contributed by atoms with Gasteiger partial charge in [-0.2, -0.15) is 8.42 Å². The molecule has 1 N–H and O–H groups in total. The average Bonchev–Trinajstić information content (AvgIpc) is 2.38. The Hall–Kier alpha value is -0.650. The van der Waals surface area contributed by atoms with Gasteiger partial charge < -0.3 is 0 Å². The lowest BCUT2D eigenvalue weighted by Gasteiger charge is -2.16. The molecule has 0 radical (unpaired) electrons. The first kappa shape index (κ1) is 18.4. The highest BCUT2D eigenvalue weighted by molar-refractivity contribution is 9.10. The third kappa shape index (κ3) is 8.39. The zero-order chi connectivity index (χ0) is 15.9. The summed E-state index contributed by atoms with van der Waals surface area (Å²) in [4.78, 5) is 0. The summed E-state index contributed by atoms with van der Waals surface area (Å²) in [6.07, 6.45) is 6.54. The van der Waals surface area contributed by atoms with Crippen LogP contribution in [0.4, 0.5) is 0 Å². The molecule has 0 fully saturated rings. The van der Waals surface area contributed by atoms with E-state index in [0.717, 1.165) is 22.9 Å². The molecule has 1 rings (SSSR count). The fourth-order valence-electron chi connectivity index (χ4n) is 2.12. The van der Waals surface area contributed by atoms with Gasteiger partial charge in [0, 0.05) is 4.47 Å². The second kappa shape index (κ2) is 8.71. The van der Waals surface area contributed by atoms with Crippen LogP contribution in [0, 0.1) is 11.8 Å². The number of hydrogen-bond acceptors (Lipinski definition) is 2. The van der Waals surface area contributed by atoms with Crippen LogP contribution in [0.3, 0.4) is 0 Å². The Bertz CT molecular complexity index is 547. The van der Waals surface area contributed by atoms with Crippen LogP contribution in [0.5, 0.6) is 0 Å². The van der Waals surface area contributed by atoms with Gasteiger partial charge in [0.05, 0.1) is 5.75 Å². The third-order valence-electron chi connectivity index (χ3n) is 3.45. The van der Waals surface area contributed by atoms with E-state index in [0.29, 0.717) is 18.3 Å². The van der Waals surface area contributed by atoms with E-state index in [-0.39, 0.29) is 5.75 Å². The largest absolute Gasteiger partial charge is 0.286 e. The van der Waals surface area contributed by atoms with Gasteiger partial charge in [-0.15, -0.1) is 0 Å². The van der Waals surface area contributed by atoms with Crippen LogP contribution in [-0.2, 0) is 10.1 Å². The smallest absolute Gasteiger partial charge is 0.264 e. The summed E-state index contributed by atoms with van der Waals surface area (Å²) in [5, 5.41) is 0. The van der Waals surface area contributed by atoms with E-state index in [4.69, 9.17) is 4.55 Å². The summed E-state index contributed by atoms with van der Waals surface area (Å²) >= 11 is 3.41. The molecule has 5 heteroatoms. The summed E-state index contributed by atoms with van der Waals surface area (Å²) < 4.78 is 31.2. The number of rotatable bonds is 8. The molecule has 0 aliphatic rings. The molecule has 1 aromatic rings. The van der Waals surface area contributed by atoms with Crippen LogP contribution < -0.4 is 0 Å². The second-order valence-electron chi connectivity index (χ2n) is 5.60. The molecule has 0 aliphatic heterocycles. The van der Waals surface area contributed by atoms with Crippen molar-refractivity contribution in [1.82, 2.24) is 0 Å². The Morgan fingerprint density at radius 3 is 2.33 bits per heavy atom. The van der Waals surface area contributed by atoms with Crippen molar-refractivity contribution in [1.29, 1.82) is 0 Å². The van der Waals surface area contributed by atoms with Crippen molar-refractivity contribution < 1.29 is 13.0 Å². The lowest BCUT2D eigenvalue weighted by molar-refractivity contribution is 0.421. The number of benzene rings is 1. The van der Waals surface area contributed by atoms with Gasteiger partial charge in [0.2, 0.25) is 0 Å². The lowest BCUT2D eigenvalue weighted by Crippen LogP contribution is -2.08. The molecule has 0 saturated carbocycles. The molecule has 1 aromatic carbocycles. The molecule has 118 valence electrons. The van der Waals surface area contributed by atoms with Crippen molar-refractivity contribution in [2.75, 3.05) is 5.75 Å². The van der Waals surface area contributed by atoms with E-state index >= 15 is 0 Å². The topological polar surface area (TPSA) is 54.4 Å². The molecular formula is C16H23BrO3S. The fraction of sp³-hybridized carbons (Fsp3) is 0.500. The number of allylic oxidation sites excluding steroid dienone is 1. The predicted octanol–water partition coefficient (Wildman–Crippen LogP) is 4.79. The van der Waals surface area contributed by atoms with Crippen LogP contribution in [0.25, 0.3) is 6.08 Å². The summed E-state index contributed by atoms with van der Waals surface area (Å²) in [5.41, 5.74) is 1.15. The summed E-state index contributed by atoms with van der Waals surface area (Å²) in [6.45, 7) is 4.33. The van der Waals surface area contributed by atoms with Gasteiger partial charge in [0.1, 0.15) is 0 Å². The Morgan fingerprint density at radius 2 is 1.81 bits per heavy atom. The molecule has 0 aromatic heterocycles. The molecule has 0 spiro atoms. The molecule has 3 nitrogen and oxygen atoms in total. The van der Waals surface area contributed by atoms with Gasteiger partial charge in [-0.3, -0.25) is 4.55 Å². The summed E-state index contributed by atoms with van der Waals surface area (Å²) in [7, 11) is -3.82. The molecule has 1 atom stereocenters. The molecule has 21 heavy (non-hydrogen) atoms. The second-order valence-corrected chi connectivity index (χ2v) is 8.09. The third-order valence-corrected chi connectivity index (χ3v) is 4.79. The minimum absolute atomic E-state index is 0.145. The SMILES string of the molecule is CC(C)[C@H](/C=C/c1ccc(Br)cc1)CCCCS(=O)(=O)O. The fourth-order valence-corrected chi connectivity index (χ4v) is 2.96. The molecule has 0 aliphatic carbocycles. The van der Waals surface area contributed by atoms with Crippen LogP contribution in [-0.4, -0.2) is 18.7 Å². The van der Waals surface area contributed by atoms with Crippen LogP contribution in [0.15, 0.2) is 34.8 Å². The van der Waals surface area contributed by atoms with Crippen molar-refractivity contribution in [3.05, 3.63) is 40.4 Å². The minimum atomic E-state index is -3.82. The Labute approximate surface area is 136 Å². The molecule has 0 saturated heterocycles. The van der Waals surface area contributed by atoms with Crippen LogP contribution >= 0.6 is 15.9 Å². The summed E-state index contributed by atoms with van der Waals surface area (Å²) in [6, 6.07) is 8.12. The first-order chi connectivity index (χ1) is 9.78. The Morgan fingerprint density at radius 1 is 1.19 bits per heavy atom. The van der Waals surface area contributed by atoms with Gasteiger partial charge >= 0.3 is 0 Å². The monoisotopic (exact) mass is 374 g/mol. The van der Waals surface area contributed by atoms with Crippen molar-refractivity contribution in [3.63, 3.8) is 0 Å². The van der Waals surface area contributed by atoms with E-state index in [2.05, 4.69) is 54.1 Å². The van der Waals surface area contributed by atoms with Crippen molar-refractivity contribution in [2.24, 2.45) is 11.8 Å². The zero-order valence-corrected chi connectivity index (χ0v) is 14.9. The maximum atomic E-state index is 10.7. The van der Waals surface area contributed by atoms with Gasteiger partial charge in [0.25, 0.3) is 10.1 Å². The van der Waals surface area contributed by atoms with Crippen LogP contribution in [0.1, 0.15) is 38.7 Å². The Balaban J connectivity index is 2.51. The van der Waals surface area contributed by atoms with E-state index < -0.39 is 10.1 Å². The lowest BCUT2D eigenvalue weighted by atomic mass is 9.90. The van der Waals surface area contributed by atoms with Gasteiger partial charge in [-0.25, -0.2) is 0 Å². The molecule has 0 heterocycles. The molecule has 0 bridgehead atoms. The molecule has 0 unspecified atom stereocenters. The average molecular weight is 375 g/mol. The molecule has 0 amide bonds. The summed E-state index contributed by atoms with van der Waals surface area (Å²) in [5.74, 6) is 0.770. The molecular weight excluding hydrogens is 352 g/mol. The van der Waals surface area contributed by atoms with E-state index in [1.807, 2.05) is 12.1 Å². The maximum absolute atomic E-state index is 10.7. The number of hydrogen-bond donors (Lipinski definition) is 1. The van der Waals surface area contributed by atoms with Crippen LogP contribution in [0.2, 0.25) is 0 Å². The highest BCUT2D eigenvalue weighted by atomic mass is 79.9. The minimum Gasteiger partial charge on any atom is -0.286 e. The van der Waals surface area contributed by atoms with E-state index in [1.165, 1.54) is 0 Å². The van der Waals surface area contributed by atoms with Crippen molar-refractivity contribution in [3.8, 4) is 0 Å². The van der Waals surface area contributed by atoms with Gasteiger partial charge in [0.15, 0.2) is 0 Å². The van der Waals surface area contributed by atoms with Gasteiger partial charge in [-0.05, 0) is 42.4 Å². The normalized spacial score (nSPS) is 14.0. The first-order valence-corrected chi connectivity index (χ1v) is 9.57. The quantitative estimate of drug-likeness (QED) is 0.525. The van der Waals surface area contributed by atoms with Gasteiger partial charge in [-0.1, -0.05) is 60.5 Å². The highest BCUT2D eigenvalue weighted by Crippen LogP contribution is 2.21. The van der Waals surface area contributed by atoms with E-state index in [9.17, 15) is 8.42 Å². The van der Waals surface area contributed by atoms with Crippen molar-refractivity contribution >= 4 is 32.1 Å². The highest BCUT2D eigenvalue weighted by Gasteiger charge is 2.11. The standard InChI is InChI=1S/C16H23BrO3S/c1-13(2)15(5-3-4-12-21(18,19)20)9-6-14-7-10-16(17)11-8-14/h6-11,13,15H,3-5,12H2,1-2H3,(H,18,19,20)/b9-6+/t15-/m0/s1. The maximum Gasteiger partial charge on any atom is 0.264 e. The van der Waals surface area contributed by atoms with Crippen molar-refractivity contribution in [2.45, 2.75) is 33.1 Å². The Kier molecular flexibility index (Phi) is 7.63. The van der Waals surface area contributed by atoms with E-state index in [1.54, 1.807) is 0 Å². The number of halogens is 1. The zero-order valence-electron chi connectivity index (χ0n) is 12.5. The number of unbranched alkanes of at least 4 members (excludes halogenated alkanes) is 1. The predicted molar refractivity (Wildman–Crippen MR) is 91.8 cm³/mol.